The van der Waals surface area contributed by atoms with Crippen molar-refractivity contribution in [1.29, 1.82) is 0 Å². The van der Waals surface area contributed by atoms with Crippen LogP contribution in [0.3, 0.4) is 0 Å². The number of carbonyl (C=O) groups is 2. The minimum absolute atomic E-state index is 0.0328. The Morgan fingerprint density at radius 2 is 1.84 bits per heavy atom. The number of benzene rings is 1. The normalized spacial score (nSPS) is 10.4. The van der Waals surface area contributed by atoms with E-state index in [2.05, 4.69) is 5.32 Å². The Kier molecular flexibility index (Phi) is 5.98. The van der Waals surface area contributed by atoms with Crippen molar-refractivity contribution < 1.29 is 9.59 Å². The number of aryl methyl sites for hydroxylation is 1. The zero-order chi connectivity index (χ0) is 18.6. The van der Waals surface area contributed by atoms with Crippen LogP contribution in [0.4, 0.5) is 5.69 Å². The molecule has 2 aromatic rings. The highest BCUT2D eigenvalue weighted by atomic mass is 35.5. The number of hydrogen-bond acceptors (Lipinski definition) is 3. The van der Waals surface area contributed by atoms with Crippen molar-refractivity contribution in [3.05, 3.63) is 63.0 Å². The Morgan fingerprint density at radius 1 is 1.20 bits per heavy atom. The smallest absolute Gasteiger partial charge is 0.274 e. The average molecular weight is 362 g/mol. The van der Waals surface area contributed by atoms with E-state index in [0.29, 0.717) is 18.7 Å². The summed E-state index contributed by atoms with van der Waals surface area (Å²) in [5, 5.41) is 2.84. The summed E-state index contributed by atoms with van der Waals surface area (Å²) in [7, 11) is 1.53. The van der Waals surface area contributed by atoms with E-state index in [1.165, 1.54) is 23.9 Å². The van der Waals surface area contributed by atoms with Crippen LogP contribution in [-0.4, -0.2) is 34.4 Å². The summed E-state index contributed by atoms with van der Waals surface area (Å²) in [5.41, 5.74) is 0.217. The van der Waals surface area contributed by atoms with E-state index in [1.807, 2.05) is 13.8 Å². The largest absolute Gasteiger partial charge is 0.339 e. The third-order valence-corrected chi connectivity index (χ3v) is 4.18. The van der Waals surface area contributed by atoms with E-state index >= 15 is 0 Å². The Bertz CT molecular complexity index is 857. The topological polar surface area (TPSA) is 71.4 Å². The van der Waals surface area contributed by atoms with Crippen LogP contribution in [0.2, 0.25) is 5.02 Å². The molecule has 6 nitrogen and oxygen atoms in total. The molecule has 0 bridgehead atoms. The molecule has 1 heterocycles. The van der Waals surface area contributed by atoms with Gasteiger partial charge in [0.15, 0.2) is 0 Å². The number of hydrogen-bond donors (Lipinski definition) is 1. The molecule has 0 saturated heterocycles. The molecule has 0 atom stereocenters. The van der Waals surface area contributed by atoms with Gasteiger partial charge in [0, 0.05) is 26.3 Å². The zero-order valence-corrected chi connectivity index (χ0v) is 15.1. The molecule has 0 saturated carbocycles. The van der Waals surface area contributed by atoms with Crippen LogP contribution < -0.4 is 10.9 Å². The summed E-state index contributed by atoms with van der Waals surface area (Å²) in [6.45, 7) is 4.87. The van der Waals surface area contributed by atoms with Gasteiger partial charge in [-0.15, -0.1) is 0 Å². The second-order valence-electron chi connectivity index (χ2n) is 5.47. The van der Waals surface area contributed by atoms with Gasteiger partial charge in [-0.05, 0) is 32.0 Å². The van der Waals surface area contributed by atoms with E-state index in [-0.39, 0.29) is 22.2 Å². The van der Waals surface area contributed by atoms with Crippen LogP contribution in [-0.2, 0) is 7.05 Å². The van der Waals surface area contributed by atoms with Crippen molar-refractivity contribution in [3.8, 4) is 0 Å². The standard InChI is InChI=1S/C18H20ClN3O3/c1-4-22(5-2)17(24)12-10-15(18(25)21(3)11-12)20-16(23)13-8-6-7-9-14(13)19/h6-11H,4-5H2,1-3H3,(H,20,23). The highest BCUT2D eigenvalue weighted by Gasteiger charge is 2.18. The van der Waals surface area contributed by atoms with E-state index in [0.717, 1.165) is 0 Å². The number of pyridine rings is 1. The number of carbonyl (C=O) groups excluding carboxylic acids is 2. The third kappa shape index (κ3) is 4.09. The SMILES string of the molecule is CCN(CC)C(=O)c1cc(NC(=O)c2ccccc2Cl)c(=O)n(C)c1. The molecule has 1 aromatic heterocycles. The highest BCUT2D eigenvalue weighted by Crippen LogP contribution is 2.17. The van der Waals surface area contributed by atoms with Crippen LogP contribution in [0, 0.1) is 0 Å². The lowest BCUT2D eigenvalue weighted by molar-refractivity contribution is 0.0771. The van der Waals surface area contributed by atoms with Crippen molar-refractivity contribution in [2.24, 2.45) is 7.05 Å². The van der Waals surface area contributed by atoms with Crippen LogP contribution in [0.25, 0.3) is 0 Å². The minimum atomic E-state index is -0.505. The summed E-state index contributed by atoms with van der Waals surface area (Å²) < 4.78 is 1.28. The van der Waals surface area contributed by atoms with Crippen LogP contribution in [0.1, 0.15) is 34.6 Å². The summed E-state index contributed by atoms with van der Waals surface area (Å²) >= 11 is 6.01. The maximum atomic E-state index is 12.5. The fourth-order valence-electron chi connectivity index (χ4n) is 2.45. The molecule has 0 unspecified atom stereocenters. The first kappa shape index (κ1) is 18.7. The Labute approximate surface area is 151 Å². The first-order chi connectivity index (χ1) is 11.9. The monoisotopic (exact) mass is 361 g/mol. The molecule has 25 heavy (non-hydrogen) atoms. The van der Waals surface area contributed by atoms with E-state index < -0.39 is 11.5 Å². The molecule has 0 aliphatic heterocycles. The Morgan fingerprint density at radius 3 is 2.44 bits per heavy atom. The summed E-state index contributed by atoms with van der Waals surface area (Å²) in [6, 6.07) is 7.94. The number of aromatic nitrogens is 1. The lowest BCUT2D eigenvalue weighted by Crippen LogP contribution is -2.32. The molecule has 0 aliphatic rings. The van der Waals surface area contributed by atoms with Gasteiger partial charge in [-0.3, -0.25) is 14.4 Å². The number of amides is 2. The zero-order valence-electron chi connectivity index (χ0n) is 14.4. The van der Waals surface area contributed by atoms with Gasteiger partial charge in [0.1, 0.15) is 5.69 Å². The van der Waals surface area contributed by atoms with Crippen molar-refractivity contribution in [2.45, 2.75) is 13.8 Å². The minimum Gasteiger partial charge on any atom is -0.339 e. The van der Waals surface area contributed by atoms with Gasteiger partial charge in [-0.25, -0.2) is 0 Å². The molecule has 7 heteroatoms. The van der Waals surface area contributed by atoms with Gasteiger partial charge >= 0.3 is 0 Å². The molecular weight excluding hydrogens is 342 g/mol. The molecule has 0 aliphatic carbocycles. The maximum Gasteiger partial charge on any atom is 0.274 e. The molecule has 1 N–H and O–H groups in total. The average Bonchev–Trinajstić information content (AvgIpc) is 2.59. The third-order valence-electron chi connectivity index (χ3n) is 3.85. The number of rotatable bonds is 5. The number of nitrogens with one attached hydrogen (secondary N) is 1. The van der Waals surface area contributed by atoms with Gasteiger partial charge in [-0.2, -0.15) is 0 Å². The first-order valence-electron chi connectivity index (χ1n) is 7.94. The summed E-state index contributed by atoms with van der Waals surface area (Å²) in [4.78, 5) is 38.8. The van der Waals surface area contributed by atoms with Gasteiger partial charge in [0.25, 0.3) is 17.4 Å². The second-order valence-corrected chi connectivity index (χ2v) is 5.88. The summed E-state index contributed by atoms with van der Waals surface area (Å²) in [6.07, 6.45) is 1.47. The molecule has 2 rings (SSSR count). The maximum absolute atomic E-state index is 12.5. The van der Waals surface area contributed by atoms with Crippen LogP contribution in [0.15, 0.2) is 41.3 Å². The number of nitrogens with zero attached hydrogens (tertiary/aromatic N) is 2. The lowest BCUT2D eigenvalue weighted by Gasteiger charge is -2.19. The van der Waals surface area contributed by atoms with Gasteiger partial charge in [-0.1, -0.05) is 23.7 Å². The molecule has 0 spiro atoms. The van der Waals surface area contributed by atoms with E-state index in [9.17, 15) is 14.4 Å². The fourth-order valence-corrected chi connectivity index (χ4v) is 2.67. The van der Waals surface area contributed by atoms with E-state index in [1.54, 1.807) is 29.2 Å². The highest BCUT2D eigenvalue weighted by molar-refractivity contribution is 6.34. The fraction of sp³-hybridized carbons (Fsp3) is 0.278. The van der Waals surface area contributed by atoms with Crippen molar-refractivity contribution in [3.63, 3.8) is 0 Å². The molecule has 132 valence electrons. The Balaban J connectivity index is 2.38. The second kappa shape index (κ2) is 7.98. The predicted octanol–water partition coefficient (Wildman–Crippen LogP) is 2.77. The van der Waals surface area contributed by atoms with Gasteiger partial charge in [0.05, 0.1) is 16.1 Å². The first-order valence-corrected chi connectivity index (χ1v) is 8.32. The van der Waals surface area contributed by atoms with Crippen molar-refractivity contribution in [2.75, 3.05) is 18.4 Å². The molecule has 2 amide bonds. The number of halogens is 1. The van der Waals surface area contributed by atoms with Crippen molar-refractivity contribution in [1.82, 2.24) is 9.47 Å². The van der Waals surface area contributed by atoms with Crippen molar-refractivity contribution >= 4 is 29.1 Å². The quantitative estimate of drug-likeness (QED) is 0.890. The molecular formula is C18H20ClN3O3. The van der Waals surface area contributed by atoms with Crippen LogP contribution >= 0.6 is 11.6 Å². The molecule has 0 fully saturated rings. The molecule has 0 radical (unpaired) electrons. The molecule has 1 aromatic carbocycles. The van der Waals surface area contributed by atoms with Gasteiger partial charge < -0.3 is 14.8 Å². The lowest BCUT2D eigenvalue weighted by atomic mass is 10.2. The Hall–Kier alpha value is -2.60. The van der Waals surface area contributed by atoms with Gasteiger partial charge in [0.2, 0.25) is 0 Å². The van der Waals surface area contributed by atoms with Crippen LogP contribution in [0.5, 0.6) is 0 Å². The van der Waals surface area contributed by atoms with E-state index in [4.69, 9.17) is 11.6 Å². The number of anilines is 1. The predicted molar refractivity (Wildman–Crippen MR) is 98.3 cm³/mol. The summed E-state index contributed by atoms with van der Waals surface area (Å²) in [5.74, 6) is -0.705.